The van der Waals surface area contributed by atoms with E-state index in [9.17, 15) is 0 Å². The van der Waals surface area contributed by atoms with E-state index in [1.165, 1.54) is 0 Å². The van der Waals surface area contributed by atoms with Crippen LogP contribution in [-0.4, -0.2) is 31.0 Å². The maximum Gasteiger partial charge on any atom is 0.119 e. The minimum atomic E-state index is 0.0531. The summed E-state index contributed by atoms with van der Waals surface area (Å²) >= 11 is 0. The van der Waals surface area contributed by atoms with Crippen LogP contribution in [0.25, 0.3) is 0 Å². The van der Waals surface area contributed by atoms with Crippen LogP contribution in [0.2, 0.25) is 0 Å². The van der Waals surface area contributed by atoms with Gasteiger partial charge in [-0.2, -0.15) is 0 Å². The molecule has 0 aliphatic carbocycles. The molecular weight excluding hydrogens is 218 g/mol. The number of hydrogen-bond acceptors (Lipinski definition) is 4. The Bertz CT molecular complexity index is 313. The zero-order valence-corrected chi connectivity index (χ0v) is 10.4. The van der Waals surface area contributed by atoms with Gasteiger partial charge in [0, 0.05) is 11.6 Å². The van der Waals surface area contributed by atoms with Crippen molar-refractivity contribution in [2.75, 3.05) is 25.6 Å². The van der Waals surface area contributed by atoms with E-state index < -0.39 is 0 Å². The number of aliphatic hydroxyl groups is 1. The van der Waals surface area contributed by atoms with Crippen LogP contribution in [0, 0.1) is 5.92 Å². The second-order valence-corrected chi connectivity index (χ2v) is 4.17. The predicted molar refractivity (Wildman–Crippen MR) is 68.0 cm³/mol. The third kappa shape index (κ3) is 5.06. The van der Waals surface area contributed by atoms with Gasteiger partial charge in [0.05, 0.1) is 19.8 Å². The molecule has 0 radical (unpaired) electrons. The lowest BCUT2D eigenvalue weighted by atomic mass is 10.1. The molecule has 0 bridgehead atoms. The van der Waals surface area contributed by atoms with Crippen LogP contribution in [0.5, 0.6) is 5.75 Å². The molecule has 0 amide bonds. The van der Waals surface area contributed by atoms with Crippen molar-refractivity contribution < 1.29 is 14.6 Å². The summed E-state index contributed by atoms with van der Waals surface area (Å²) in [6.07, 6.45) is 0.0531. The first kappa shape index (κ1) is 13.8. The highest BCUT2D eigenvalue weighted by atomic mass is 16.5. The average molecular weight is 239 g/mol. The van der Waals surface area contributed by atoms with E-state index in [2.05, 4.69) is 6.92 Å². The highest BCUT2D eigenvalue weighted by molar-refractivity contribution is 5.41. The number of anilines is 1. The average Bonchev–Trinajstić information content (AvgIpc) is 2.32. The van der Waals surface area contributed by atoms with Crippen LogP contribution in [0.15, 0.2) is 24.3 Å². The molecule has 2 unspecified atom stereocenters. The van der Waals surface area contributed by atoms with Crippen molar-refractivity contribution >= 4 is 5.69 Å². The molecule has 0 heterocycles. The molecule has 0 spiro atoms. The topological polar surface area (TPSA) is 64.7 Å². The molecule has 2 atom stereocenters. The Morgan fingerprint density at radius 2 is 1.88 bits per heavy atom. The number of hydrogen-bond donors (Lipinski definition) is 2. The van der Waals surface area contributed by atoms with E-state index in [-0.39, 0.29) is 18.6 Å². The molecular formula is C13H21NO3. The second kappa shape index (κ2) is 7.14. The van der Waals surface area contributed by atoms with E-state index in [1.54, 1.807) is 0 Å². The van der Waals surface area contributed by atoms with Gasteiger partial charge in [0.2, 0.25) is 0 Å². The van der Waals surface area contributed by atoms with Gasteiger partial charge in [-0.05, 0) is 31.2 Å². The fraction of sp³-hybridized carbons (Fsp3) is 0.538. The molecule has 17 heavy (non-hydrogen) atoms. The van der Waals surface area contributed by atoms with Crippen LogP contribution in [-0.2, 0) is 4.74 Å². The lowest BCUT2D eigenvalue weighted by molar-refractivity contribution is 0.0371. The lowest BCUT2D eigenvalue weighted by Crippen LogP contribution is -2.25. The molecule has 0 aliphatic rings. The van der Waals surface area contributed by atoms with Crippen LogP contribution in [0.4, 0.5) is 5.69 Å². The fourth-order valence-corrected chi connectivity index (χ4v) is 1.35. The van der Waals surface area contributed by atoms with E-state index in [4.69, 9.17) is 20.3 Å². The first-order valence-corrected chi connectivity index (χ1v) is 5.84. The van der Waals surface area contributed by atoms with E-state index >= 15 is 0 Å². The number of nitrogen functional groups attached to an aromatic ring is 1. The molecule has 0 fully saturated rings. The summed E-state index contributed by atoms with van der Waals surface area (Å²) in [4.78, 5) is 0. The van der Waals surface area contributed by atoms with Gasteiger partial charge >= 0.3 is 0 Å². The Labute approximate surface area is 102 Å². The SMILES string of the molecule is CC(COCCO)C(C)Oc1ccc(N)cc1. The highest BCUT2D eigenvalue weighted by Crippen LogP contribution is 2.17. The van der Waals surface area contributed by atoms with Crippen molar-refractivity contribution in [2.24, 2.45) is 5.92 Å². The summed E-state index contributed by atoms with van der Waals surface area (Å²) < 4.78 is 11.0. The molecule has 1 aromatic rings. The molecule has 0 aromatic heterocycles. The second-order valence-electron chi connectivity index (χ2n) is 4.17. The molecule has 1 aromatic carbocycles. The largest absolute Gasteiger partial charge is 0.490 e. The standard InChI is InChI=1S/C13H21NO3/c1-10(9-16-8-7-15)11(2)17-13-5-3-12(14)4-6-13/h3-6,10-11,15H,7-9,14H2,1-2H3. The molecule has 0 saturated carbocycles. The number of aliphatic hydroxyl groups excluding tert-OH is 1. The zero-order chi connectivity index (χ0) is 12.7. The van der Waals surface area contributed by atoms with Crippen LogP contribution < -0.4 is 10.5 Å². The Morgan fingerprint density at radius 3 is 2.47 bits per heavy atom. The molecule has 4 heteroatoms. The van der Waals surface area contributed by atoms with Crippen molar-refractivity contribution in [1.82, 2.24) is 0 Å². The summed E-state index contributed by atoms with van der Waals surface area (Å²) in [7, 11) is 0. The Kier molecular flexibility index (Phi) is 5.80. The summed E-state index contributed by atoms with van der Waals surface area (Å²) in [5.74, 6) is 1.07. The van der Waals surface area contributed by atoms with Crippen molar-refractivity contribution in [3.05, 3.63) is 24.3 Å². The smallest absolute Gasteiger partial charge is 0.119 e. The van der Waals surface area contributed by atoms with Gasteiger partial charge in [-0.3, -0.25) is 0 Å². The molecule has 96 valence electrons. The molecule has 3 N–H and O–H groups in total. The van der Waals surface area contributed by atoms with E-state index in [0.717, 1.165) is 11.4 Å². The quantitative estimate of drug-likeness (QED) is 0.561. The van der Waals surface area contributed by atoms with Gasteiger partial charge in [-0.15, -0.1) is 0 Å². The zero-order valence-electron chi connectivity index (χ0n) is 10.4. The maximum atomic E-state index is 8.61. The number of ether oxygens (including phenoxy) is 2. The normalized spacial score (nSPS) is 14.3. The summed E-state index contributed by atoms with van der Waals surface area (Å²) in [5.41, 5.74) is 6.33. The monoisotopic (exact) mass is 239 g/mol. The number of rotatable bonds is 7. The fourth-order valence-electron chi connectivity index (χ4n) is 1.35. The van der Waals surface area contributed by atoms with E-state index in [0.29, 0.717) is 13.2 Å². The maximum absolute atomic E-state index is 8.61. The Balaban J connectivity index is 2.37. The van der Waals surface area contributed by atoms with E-state index in [1.807, 2.05) is 31.2 Å². The van der Waals surface area contributed by atoms with Gasteiger partial charge in [0.1, 0.15) is 11.9 Å². The van der Waals surface area contributed by atoms with Crippen LogP contribution in [0.1, 0.15) is 13.8 Å². The van der Waals surface area contributed by atoms with Crippen molar-refractivity contribution in [1.29, 1.82) is 0 Å². The highest BCUT2D eigenvalue weighted by Gasteiger charge is 2.13. The van der Waals surface area contributed by atoms with Crippen molar-refractivity contribution in [3.8, 4) is 5.75 Å². The molecule has 1 rings (SSSR count). The van der Waals surface area contributed by atoms with Crippen molar-refractivity contribution in [3.63, 3.8) is 0 Å². The first-order chi connectivity index (χ1) is 8.13. The van der Waals surface area contributed by atoms with Crippen LogP contribution >= 0.6 is 0 Å². The summed E-state index contributed by atoms with van der Waals surface area (Å²) in [5, 5.41) is 8.61. The molecule has 4 nitrogen and oxygen atoms in total. The minimum absolute atomic E-state index is 0.0531. The summed E-state index contributed by atoms with van der Waals surface area (Å²) in [6.45, 7) is 5.07. The Morgan fingerprint density at radius 1 is 1.24 bits per heavy atom. The summed E-state index contributed by atoms with van der Waals surface area (Å²) in [6, 6.07) is 7.34. The molecule has 0 aliphatic heterocycles. The van der Waals surface area contributed by atoms with Gasteiger partial charge < -0.3 is 20.3 Å². The van der Waals surface area contributed by atoms with Crippen LogP contribution in [0.3, 0.4) is 0 Å². The third-order valence-electron chi connectivity index (χ3n) is 2.62. The predicted octanol–water partition coefficient (Wildman–Crippen LogP) is 1.68. The van der Waals surface area contributed by atoms with Gasteiger partial charge in [0.25, 0.3) is 0 Å². The first-order valence-electron chi connectivity index (χ1n) is 5.84. The van der Waals surface area contributed by atoms with Gasteiger partial charge in [-0.1, -0.05) is 6.92 Å². The Hall–Kier alpha value is -1.26. The third-order valence-corrected chi connectivity index (χ3v) is 2.62. The van der Waals surface area contributed by atoms with Gasteiger partial charge in [-0.25, -0.2) is 0 Å². The molecule has 0 saturated heterocycles. The lowest BCUT2D eigenvalue weighted by Gasteiger charge is -2.21. The minimum Gasteiger partial charge on any atom is -0.490 e. The van der Waals surface area contributed by atoms with Crippen molar-refractivity contribution in [2.45, 2.75) is 20.0 Å². The van der Waals surface area contributed by atoms with Gasteiger partial charge in [0.15, 0.2) is 0 Å². The number of nitrogens with two attached hydrogens (primary N) is 1. The number of benzene rings is 1.